The quantitative estimate of drug-likeness (QED) is 0.454. The first-order valence-corrected chi connectivity index (χ1v) is 4.52. The summed E-state index contributed by atoms with van der Waals surface area (Å²) >= 11 is 0. The largest absolute Gasteiger partial charge is 0.328 e. The number of nitrogens with zero attached hydrogens (tertiary/aromatic N) is 2. The van der Waals surface area contributed by atoms with Crippen LogP contribution in [0.2, 0.25) is 0 Å². The number of H-pyrrole nitrogens is 1. The van der Waals surface area contributed by atoms with Gasteiger partial charge < -0.3 is 14.7 Å². The van der Waals surface area contributed by atoms with Gasteiger partial charge in [-0.25, -0.2) is 0 Å². The van der Waals surface area contributed by atoms with Gasteiger partial charge in [-0.2, -0.15) is 15.4 Å². The molecule has 0 bridgehead atoms. The van der Waals surface area contributed by atoms with Crippen LogP contribution in [-0.4, -0.2) is 30.1 Å². The van der Waals surface area contributed by atoms with E-state index in [1.54, 1.807) is 0 Å². The molecular formula is C6H8N3O3P. The van der Waals surface area contributed by atoms with Gasteiger partial charge in [0.1, 0.15) is 11.0 Å². The number of fused-ring (bicyclic) bond motifs is 1. The zero-order valence-corrected chi connectivity index (χ0v) is 7.39. The number of nitrogens with one attached hydrogen (secondary N) is 1. The molecular weight excluding hydrogens is 193 g/mol. The molecule has 70 valence electrons. The first-order chi connectivity index (χ1) is 6.20. The Morgan fingerprint density at radius 3 is 1.77 bits per heavy atom. The van der Waals surface area contributed by atoms with Gasteiger partial charge in [0.15, 0.2) is 0 Å². The lowest BCUT2D eigenvalue weighted by molar-refractivity contribution is 0.368. The fourth-order valence-corrected chi connectivity index (χ4v) is 0.786. The Bertz CT molecular complexity index is 332. The van der Waals surface area contributed by atoms with Crippen LogP contribution in [0.5, 0.6) is 0 Å². The minimum absolute atomic E-state index is 0.914. The van der Waals surface area contributed by atoms with Gasteiger partial charge >= 0.3 is 8.60 Å². The van der Waals surface area contributed by atoms with Crippen LogP contribution < -0.4 is 0 Å². The van der Waals surface area contributed by atoms with Gasteiger partial charge in [-0.1, -0.05) is 12.1 Å². The predicted molar refractivity (Wildman–Crippen MR) is 47.5 cm³/mol. The van der Waals surface area contributed by atoms with Crippen molar-refractivity contribution >= 4 is 19.6 Å². The van der Waals surface area contributed by atoms with E-state index < -0.39 is 8.60 Å². The molecule has 0 unspecified atom stereocenters. The van der Waals surface area contributed by atoms with Crippen LogP contribution in [0.3, 0.4) is 0 Å². The van der Waals surface area contributed by atoms with Gasteiger partial charge in [0.05, 0.1) is 0 Å². The van der Waals surface area contributed by atoms with E-state index >= 15 is 0 Å². The second-order valence-electron chi connectivity index (χ2n) is 2.08. The van der Waals surface area contributed by atoms with Crippen LogP contribution >= 0.6 is 8.60 Å². The minimum Gasteiger partial charge on any atom is -0.328 e. The van der Waals surface area contributed by atoms with Crippen molar-refractivity contribution in [2.75, 3.05) is 0 Å². The summed E-state index contributed by atoms with van der Waals surface area (Å²) in [6.45, 7) is 0. The molecule has 0 atom stereocenters. The lowest BCUT2D eigenvalue weighted by Crippen LogP contribution is -1.63. The van der Waals surface area contributed by atoms with E-state index in [9.17, 15) is 0 Å². The van der Waals surface area contributed by atoms with Crippen molar-refractivity contribution in [2.24, 2.45) is 0 Å². The molecule has 0 aliphatic carbocycles. The van der Waals surface area contributed by atoms with E-state index in [2.05, 4.69) is 15.4 Å². The standard InChI is InChI=1S/C6H5N3.H3O3P/c1-2-4-6-5(3-1)7-9-8-6;1-4(2)3/h1-4H,(H,7,8,9);1-3H. The zero-order valence-electron chi connectivity index (χ0n) is 6.49. The third kappa shape index (κ3) is 3.43. The lowest BCUT2D eigenvalue weighted by atomic mass is 10.3. The molecule has 1 heterocycles. The Morgan fingerprint density at radius 1 is 1.00 bits per heavy atom. The normalized spacial score (nSPS) is 9.85. The van der Waals surface area contributed by atoms with Crippen molar-refractivity contribution in [3.05, 3.63) is 24.3 Å². The highest BCUT2D eigenvalue weighted by Gasteiger charge is 1.90. The number of aromatic amines is 1. The van der Waals surface area contributed by atoms with Crippen LogP contribution in [0.4, 0.5) is 0 Å². The maximum absolute atomic E-state index is 7.23. The van der Waals surface area contributed by atoms with E-state index in [1.165, 1.54) is 0 Å². The third-order valence-corrected chi connectivity index (χ3v) is 1.22. The molecule has 7 heteroatoms. The van der Waals surface area contributed by atoms with E-state index in [0.29, 0.717) is 0 Å². The van der Waals surface area contributed by atoms with E-state index in [0.717, 1.165) is 11.0 Å². The molecule has 0 saturated carbocycles. The van der Waals surface area contributed by atoms with Gasteiger partial charge in [-0.3, -0.25) is 0 Å². The molecule has 0 spiro atoms. The highest BCUT2D eigenvalue weighted by Crippen LogP contribution is 2.11. The summed E-state index contributed by atoms with van der Waals surface area (Å²) in [6, 6.07) is 7.70. The highest BCUT2D eigenvalue weighted by atomic mass is 31.2. The summed E-state index contributed by atoms with van der Waals surface area (Å²) in [7, 11) is -2.62. The van der Waals surface area contributed by atoms with Gasteiger partial charge in [-0.15, -0.1) is 0 Å². The number of hydrogen-bond acceptors (Lipinski definition) is 5. The zero-order chi connectivity index (χ0) is 9.68. The highest BCUT2D eigenvalue weighted by molar-refractivity contribution is 7.38. The molecule has 2 aromatic rings. The van der Waals surface area contributed by atoms with Gasteiger partial charge in [0.2, 0.25) is 0 Å². The van der Waals surface area contributed by atoms with Crippen LogP contribution in [0.25, 0.3) is 11.0 Å². The molecule has 0 radical (unpaired) electrons. The molecule has 1 aromatic carbocycles. The SMILES string of the molecule is OP(O)O.c1ccc2n[nH]nc2c1. The molecule has 6 nitrogen and oxygen atoms in total. The Labute approximate surface area is 74.8 Å². The Hall–Kier alpha value is -1.07. The van der Waals surface area contributed by atoms with Crippen LogP contribution in [0, 0.1) is 0 Å². The molecule has 0 saturated heterocycles. The fourth-order valence-electron chi connectivity index (χ4n) is 0.786. The Balaban J connectivity index is 0.000000184. The lowest BCUT2D eigenvalue weighted by Gasteiger charge is -1.78. The number of benzene rings is 1. The summed E-state index contributed by atoms with van der Waals surface area (Å²) in [5.41, 5.74) is 1.83. The summed E-state index contributed by atoms with van der Waals surface area (Å²) in [5.74, 6) is 0. The second kappa shape index (κ2) is 4.84. The van der Waals surface area contributed by atoms with E-state index in [4.69, 9.17) is 14.7 Å². The van der Waals surface area contributed by atoms with Crippen LogP contribution in [0.15, 0.2) is 24.3 Å². The Morgan fingerprint density at radius 2 is 1.38 bits per heavy atom. The number of rotatable bonds is 0. The summed E-state index contributed by atoms with van der Waals surface area (Å²) in [4.78, 5) is 21.7. The van der Waals surface area contributed by atoms with Crippen molar-refractivity contribution in [1.82, 2.24) is 15.4 Å². The van der Waals surface area contributed by atoms with Crippen molar-refractivity contribution in [3.63, 3.8) is 0 Å². The van der Waals surface area contributed by atoms with Crippen molar-refractivity contribution in [3.8, 4) is 0 Å². The number of aromatic nitrogens is 3. The summed E-state index contributed by atoms with van der Waals surface area (Å²) in [6.07, 6.45) is 0. The molecule has 0 aliphatic heterocycles. The third-order valence-electron chi connectivity index (χ3n) is 1.22. The average molecular weight is 201 g/mol. The Kier molecular flexibility index (Phi) is 3.72. The van der Waals surface area contributed by atoms with E-state index in [1.807, 2.05) is 24.3 Å². The van der Waals surface area contributed by atoms with Crippen molar-refractivity contribution < 1.29 is 14.7 Å². The van der Waals surface area contributed by atoms with Crippen LogP contribution in [0.1, 0.15) is 0 Å². The van der Waals surface area contributed by atoms with Gasteiger partial charge in [0, 0.05) is 0 Å². The van der Waals surface area contributed by atoms with Gasteiger partial charge in [0.25, 0.3) is 0 Å². The molecule has 0 amide bonds. The predicted octanol–water partition coefficient (Wildman–Crippen LogP) is 0.148. The first kappa shape index (κ1) is 10.0. The maximum Gasteiger partial charge on any atom is 0.324 e. The molecule has 4 N–H and O–H groups in total. The number of hydrogen-bond donors (Lipinski definition) is 4. The second-order valence-corrected chi connectivity index (χ2v) is 2.62. The van der Waals surface area contributed by atoms with Crippen LogP contribution in [-0.2, 0) is 0 Å². The topological polar surface area (TPSA) is 102 Å². The average Bonchev–Trinajstić information content (AvgIpc) is 2.49. The smallest absolute Gasteiger partial charge is 0.324 e. The fraction of sp³-hybridized carbons (Fsp3) is 0. The monoisotopic (exact) mass is 201 g/mol. The maximum atomic E-state index is 7.23. The minimum atomic E-state index is -2.62. The van der Waals surface area contributed by atoms with Crippen molar-refractivity contribution in [2.45, 2.75) is 0 Å². The van der Waals surface area contributed by atoms with E-state index in [-0.39, 0.29) is 0 Å². The molecule has 2 rings (SSSR count). The summed E-state index contributed by atoms with van der Waals surface area (Å²) < 4.78 is 0. The molecule has 13 heavy (non-hydrogen) atoms. The summed E-state index contributed by atoms with van der Waals surface area (Å²) in [5, 5.41) is 10.3. The number of para-hydroxylation sites is 2. The first-order valence-electron chi connectivity index (χ1n) is 3.32. The molecule has 0 fully saturated rings. The van der Waals surface area contributed by atoms with Gasteiger partial charge in [-0.05, 0) is 12.1 Å². The van der Waals surface area contributed by atoms with Crippen molar-refractivity contribution in [1.29, 1.82) is 0 Å². The molecule has 0 aliphatic rings. The molecule has 1 aromatic heterocycles.